The normalized spacial score (nSPS) is 13.2. The standard InChI is InChI=1S/C14H16F3N3O/c1-2-20-8-7-19-13(20)9-12(18)10-3-5-11(6-4-10)21-14(15,16)17/h3-8,12H,2,9,18H2,1H3. The molecular weight excluding hydrogens is 283 g/mol. The highest BCUT2D eigenvalue weighted by atomic mass is 19.4. The van der Waals surface area contributed by atoms with E-state index >= 15 is 0 Å². The fourth-order valence-electron chi connectivity index (χ4n) is 2.05. The lowest BCUT2D eigenvalue weighted by molar-refractivity contribution is -0.274. The van der Waals surface area contributed by atoms with E-state index in [4.69, 9.17) is 5.73 Å². The lowest BCUT2D eigenvalue weighted by Crippen LogP contribution is -2.18. The van der Waals surface area contributed by atoms with Gasteiger partial charge in [-0.1, -0.05) is 12.1 Å². The monoisotopic (exact) mass is 299 g/mol. The van der Waals surface area contributed by atoms with Gasteiger partial charge in [-0.25, -0.2) is 4.98 Å². The number of hydrogen-bond donors (Lipinski definition) is 1. The number of alkyl halides is 3. The molecule has 2 aromatic rings. The van der Waals surface area contributed by atoms with Crippen molar-refractivity contribution >= 4 is 0 Å². The lowest BCUT2D eigenvalue weighted by atomic mass is 10.0. The number of imidazole rings is 1. The van der Waals surface area contributed by atoms with Crippen LogP contribution in [-0.4, -0.2) is 15.9 Å². The van der Waals surface area contributed by atoms with Gasteiger partial charge in [0.25, 0.3) is 0 Å². The second kappa shape index (κ2) is 6.17. The summed E-state index contributed by atoms with van der Waals surface area (Å²) >= 11 is 0. The number of benzene rings is 1. The van der Waals surface area contributed by atoms with Gasteiger partial charge < -0.3 is 15.0 Å². The van der Waals surface area contributed by atoms with E-state index in [2.05, 4.69) is 9.72 Å². The number of hydrogen-bond acceptors (Lipinski definition) is 3. The van der Waals surface area contributed by atoms with Crippen molar-refractivity contribution in [1.29, 1.82) is 0 Å². The van der Waals surface area contributed by atoms with E-state index in [9.17, 15) is 13.2 Å². The topological polar surface area (TPSA) is 53.1 Å². The fraction of sp³-hybridized carbons (Fsp3) is 0.357. The summed E-state index contributed by atoms with van der Waals surface area (Å²) in [5.74, 6) is 0.592. The quantitative estimate of drug-likeness (QED) is 0.923. The molecule has 0 aliphatic carbocycles. The molecule has 0 fully saturated rings. The molecule has 21 heavy (non-hydrogen) atoms. The Balaban J connectivity index is 2.04. The Labute approximate surface area is 120 Å². The minimum atomic E-state index is -4.69. The van der Waals surface area contributed by atoms with Crippen LogP contribution >= 0.6 is 0 Å². The molecule has 2 rings (SSSR count). The van der Waals surface area contributed by atoms with E-state index in [0.29, 0.717) is 6.42 Å². The zero-order valence-electron chi connectivity index (χ0n) is 11.5. The molecule has 0 aliphatic heterocycles. The Morgan fingerprint density at radius 2 is 1.95 bits per heavy atom. The summed E-state index contributed by atoms with van der Waals surface area (Å²) in [6, 6.07) is 5.25. The van der Waals surface area contributed by atoms with E-state index in [1.54, 1.807) is 6.20 Å². The van der Waals surface area contributed by atoms with Gasteiger partial charge in [-0.05, 0) is 24.6 Å². The average Bonchev–Trinajstić information content (AvgIpc) is 2.85. The molecule has 0 radical (unpaired) electrons. The van der Waals surface area contributed by atoms with Crippen LogP contribution in [0, 0.1) is 0 Å². The fourth-order valence-corrected chi connectivity index (χ4v) is 2.05. The van der Waals surface area contributed by atoms with Crippen LogP contribution in [0.5, 0.6) is 5.75 Å². The summed E-state index contributed by atoms with van der Waals surface area (Å²) in [5, 5.41) is 0. The first-order valence-electron chi connectivity index (χ1n) is 6.50. The van der Waals surface area contributed by atoms with Gasteiger partial charge in [-0.2, -0.15) is 0 Å². The molecule has 2 N–H and O–H groups in total. The molecular formula is C14H16F3N3O. The van der Waals surface area contributed by atoms with Crippen LogP contribution in [0.25, 0.3) is 0 Å². The van der Waals surface area contributed by atoms with Crippen molar-refractivity contribution in [2.24, 2.45) is 5.73 Å². The highest BCUT2D eigenvalue weighted by Gasteiger charge is 2.31. The Morgan fingerprint density at radius 1 is 1.29 bits per heavy atom. The number of rotatable bonds is 5. The molecule has 0 saturated carbocycles. The van der Waals surface area contributed by atoms with Crippen molar-refractivity contribution in [2.75, 3.05) is 0 Å². The first-order valence-corrected chi connectivity index (χ1v) is 6.50. The lowest BCUT2D eigenvalue weighted by Gasteiger charge is -2.14. The molecule has 1 aromatic heterocycles. The number of aryl methyl sites for hydroxylation is 1. The summed E-state index contributed by atoms with van der Waals surface area (Å²) in [6.07, 6.45) is -0.607. The van der Waals surface area contributed by atoms with Crippen LogP contribution in [0.3, 0.4) is 0 Å². The number of nitrogens with two attached hydrogens (primary N) is 1. The van der Waals surface area contributed by atoms with Crippen LogP contribution < -0.4 is 10.5 Å². The SMILES string of the molecule is CCn1ccnc1CC(N)c1ccc(OC(F)(F)F)cc1. The second-order valence-electron chi connectivity index (χ2n) is 4.56. The maximum absolute atomic E-state index is 12.1. The van der Waals surface area contributed by atoms with Crippen LogP contribution in [0.4, 0.5) is 13.2 Å². The van der Waals surface area contributed by atoms with Crippen molar-refractivity contribution < 1.29 is 17.9 Å². The van der Waals surface area contributed by atoms with Gasteiger partial charge in [0, 0.05) is 31.4 Å². The molecule has 7 heteroatoms. The summed E-state index contributed by atoms with van der Waals surface area (Å²) in [5.41, 5.74) is 6.80. The van der Waals surface area contributed by atoms with E-state index in [1.807, 2.05) is 17.7 Å². The van der Waals surface area contributed by atoms with E-state index in [0.717, 1.165) is 17.9 Å². The van der Waals surface area contributed by atoms with Gasteiger partial charge in [0.15, 0.2) is 0 Å². The van der Waals surface area contributed by atoms with Crippen molar-refractivity contribution in [2.45, 2.75) is 32.3 Å². The number of halogens is 3. The molecule has 4 nitrogen and oxygen atoms in total. The highest BCUT2D eigenvalue weighted by molar-refractivity contribution is 5.29. The molecule has 0 spiro atoms. The van der Waals surface area contributed by atoms with Crippen molar-refractivity contribution in [3.05, 3.63) is 48.0 Å². The zero-order valence-corrected chi connectivity index (χ0v) is 11.5. The van der Waals surface area contributed by atoms with Crippen molar-refractivity contribution in [3.8, 4) is 5.75 Å². The van der Waals surface area contributed by atoms with Crippen LogP contribution in [0.2, 0.25) is 0 Å². The number of nitrogens with zero attached hydrogens (tertiary/aromatic N) is 2. The summed E-state index contributed by atoms with van der Waals surface area (Å²) in [4.78, 5) is 4.23. The van der Waals surface area contributed by atoms with E-state index in [1.165, 1.54) is 24.3 Å². The van der Waals surface area contributed by atoms with Gasteiger partial charge >= 0.3 is 6.36 Å². The van der Waals surface area contributed by atoms with Gasteiger partial charge in [0.05, 0.1) is 0 Å². The maximum atomic E-state index is 12.1. The predicted molar refractivity (Wildman–Crippen MR) is 71.7 cm³/mol. The minimum absolute atomic E-state index is 0.256. The third kappa shape index (κ3) is 4.22. The first kappa shape index (κ1) is 15.4. The zero-order chi connectivity index (χ0) is 15.5. The van der Waals surface area contributed by atoms with Gasteiger partial charge in [-0.3, -0.25) is 0 Å². The molecule has 0 bridgehead atoms. The third-order valence-electron chi connectivity index (χ3n) is 3.09. The first-order chi connectivity index (χ1) is 9.89. The average molecular weight is 299 g/mol. The molecule has 1 heterocycles. The van der Waals surface area contributed by atoms with Crippen molar-refractivity contribution in [1.82, 2.24) is 9.55 Å². The molecule has 1 aromatic carbocycles. The Kier molecular flexibility index (Phi) is 4.52. The third-order valence-corrected chi connectivity index (χ3v) is 3.09. The molecule has 0 amide bonds. The van der Waals surface area contributed by atoms with Crippen LogP contribution in [0.1, 0.15) is 24.4 Å². The molecule has 1 unspecified atom stereocenters. The highest BCUT2D eigenvalue weighted by Crippen LogP contribution is 2.24. The van der Waals surface area contributed by atoms with E-state index in [-0.39, 0.29) is 11.8 Å². The smallest absolute Gasteiger partial charge is 0.406 e. The van der Waals surface area contributed by atoms with E-state index < -0.39 is 6.36 Å². The number of ether oxygens (including phenoxy) is 1. The van der Waals surface area contributed by atoms with Crippen molar-refractivity contribution in [3.63, 3.8) is 0 Å². The Morgan fingerprint density at radius 3 is 2.52 bits per heavy atom. The second-order valence-corrected chi connectivity index (χ2v) is 4.56. The Hall–Kier alpha value is -2.02. The summed E-state index contributed by atoms with van der Waals surface area (Å²) < 4.78 is 42.0. The predicted octanol–water partition coefficient (Wildman–Crippen LogP) is 3.04. The van der Waals surface area contributed by atoms with Crippen LogP contribution in [0.15, 0.2) is 36.7 Å². The molecule has 1 atom stereocenters. The van der Waals surface area contributed by atoms with Gasteiger partial charge in [0.1, 0.15) is 11.6 Å². The largest absolute Gasteiger partial charge is 0.573 e. The van der Waals surface area contributed by atoms with Gasteiger partial charge in [-0.15, -0.1) is 13.2 Å². The van der Waals surface area contributed by atoms with Crippen LogP contribution in [-0.2, 0) is 13.0 Å². The Bertz CT molecular complexity index is 578. The van der Waals surface area contributed by atoms with Gasteiger partial charge in [0.2, 0.25) is 0 Å². The molecule has 0 aliphatic rings. The summed E-state index contributed by atoms with van der Waals surface area (Å²) in [7, 11) is 0. The molecule has 114 valence electrons. The molecule has 0 saturated heterocycles. The maximum Gasteiger partial charge on any atom is 0.573 e. The summed E-state index contributed by atoms with van der Waals surface area (Å²) in [6.45, 7) is 2.79. The number of aromatic nitrogens is 2. The minimum Gasteiger partial charge on any atom is -0.406 e.